The molecule has 1 atom stereocenters. The number of nitrogens with zero attached hydrogens (tertiary/aromatic N) is 2. The van der Waals surface area contributed by atoms with Gasteiger partial charge in [0.25, 0.3) is 0 Å². The van der Waals surface area contributed by atoms with Crippen molar-refractivity contribution in [3.05, 3.63) is 11.9 Å². The van der Waals surface area contributed by atoms with Crippen LogP contribution in [0.25, 0.3) is 0 Å². The second kappa shape index (κ2) is 7.70. The van der Waals surface area contributed by atoms with Crippen LogP contribution in [0.5, 0.6) is 0 Å². The molecule has 0 heterocycles. The summed E-state index contributed by atoms with van der Waals surface area (Å²) in [5.41, 5.74) is 10.9. The summed E-state index contributed by atoms with van der Waals surface area (Å²) in [6.07, 6.45) is 2.67. The van der Waals surface area contributed by atoms with Crippen LogP contribution in [0, 0.1) is 0 Å². The zero-order valence-electron chi connectivity index (χ0n) is 10.1. The largest absolute Gasteiger partial charge is 0.394 e. The summed E-state index contributed by atoms with van der Waals surface area (Å²) in [4.78, 5) is 7.87. The van der Waals surface area contributed by atoms with Crippen molar-refractivity contribution in [1.82, 2.24) is 5.32 Å². The maximum Gasteiger partial charge on any atom is 0.223 e. The smallest absolute Gasteiger partial charge is 0.223 e. The fraction of sp³-hybridized carbons (Fsp3) is 0.600. The quantitative estimate of drug-likeness (QED) is 0.388. The third kappa shape index (κ3) is 6.83. The van der Waals surface area contributed by atoms with E-state index in [1.165, 1.54) is 0 Å². The average Bonchev–Trinajstić information content (AvgIpc) is 2.16. The molecule has 92 valence electrons. The molecule has 0 bridgehead atoms. The van der Waals surface area contributed by atoms with Crippen LogP contribution in [0.4, 0.5) is 0 Å². The van der Waals surface area contributed by atoms with Gasteiger partial charge >= 0.3 is 0 Å². The lowest BCUT2D eigenvalue weighted by molar-refractivity contribution is 0.258. The summed E-state index contributed by atoms with van der Waals surface area (Å²) < 4.78 is 0. The molecule has 0 saturated carbocycles. The first-order valence-electron chi connectivity index (χ1n) is 5.22. The topological polar surface area (TPSA) is 109 Å². The van der Waals surface area contributed by atoms with Crippen molar-refractivity contribution in [2.75, 3.05) is 6.61 Å². The van der Waals surface area contributed by atoms with E-state index in [2.05, 4.69) is 15.3 Å². The Morgan fingerprint density at radius 1 is 1.44 bits per heavy atom. The Morgan fingerprint density at radius 2 is 2.06 bits per heavy atom. The minimum atomic E-state index is -0.0858. The molecule has 6 heteroatoms. The highest BCUT2D eigenvalue weighted by atomic mass is 16.3. The van der Waals surface area contributed by atoms with Gasteiger partial charge in [-0.2, -0.15) is 4.99 Å². The van der Waals surface area contributed by atoms with Crippen LogP contribution in [-0.4, -0.2) is 29.6 Å². The number of hydrogen-bond donors (Lipinski definition) is 4. The van der Waals surface area contributed by atoms with Crippen molar-refractivity contribution in [3.8, 4) is 0 Å². The van der Waals surface area contributed by atoms with Gasteiger partial charge in [0.2, 0.25) is 5.96 Å². The highest BCUT2D eigenvalue weighted by molar-refractivity contribution is 5.93. The Labute approximate surface area is 96.1 Å². The molecule has 6 nitrogen and oxygen atoms in total. The first-order chi connectivity index (χ1) is 7.49. The van der Waals surface area contributed by atoms with Gasteiger partial charge in [-0.15, -0.1) is 0 Å². The number of guanidine groups is 1. The van der Waals surface area contributed by atoms with Gasteiger partial charge in [-0.05, 0) is 26.3 Å². The molecule has 1 unspecified atom stereocenters. The van der Waals surface area contributed by atoms with E-state index in [1.54, 1.807) is 6.92 Å². The summed E-state index contributed by atoms with van der Waals surface area (Å²) in [6.45, 7) is 5.48. The molecule has 0 aromatic rings. The number of aliphatic hydroxyl groups is 1. The molecule has 0 saturated heterocycles. The fourth-order valence-corrected chi connectivity index (χ4v) is 0.957. The van der Waals surface area contributed by atoms with E-state index >= 15 is 0 Å². The molecule has 0 spiro atoms. The highest BCUT2D eigenvalue weighted by Gasteiger charge is 2.01. The molecule has 0 radical (unpaired) electrons. The molecular weight excluding hydrogens is 206 g/mol. The van der Waals surface area contributed by atoms with Gasteiger partial charge in [-0.3, -0.25) is 0 Å². The zero-order valence-corrected chi connectivity index (χ0v) is 10.1. The summed E-state index contributed by atoms with van der Waals surface area (Å²) >= 11 is 0. The number of hydrogen-bond acceptors (Lipinski definition) is 3. The summed E-state index contributed by atoms with van der Waals surface area (Å²) in [6, 6.07) is -0.0858. The van der Waals surface area contributed by atoms with E-state index in [4.69, 9.17) is 16.6 Å². The molecule has 16 heavy (non-hydrogen) atoms. The maximum atomic E-state index is 8.91. The first kappa shape index (κ1) is 14.4. The van der Waals surface area contributed by atoms with Crippen LogP contribution in [0.2, 0.25) is 0 Å². The Kier molecular flexibility index (Phi) is 6.95. The van der Waals surface area contributed by atoms with Crippen molar-refractivity contribution in [3.63, 3.8) is 0 Å². The van der Waals surface area contributed by atoms with Crippen molar-refractivity contribution in [1.29, 1.82) is 0 Å². The molecule has 0 aliphatic carbocycles. The lowest BCUT2D eigenvalue weighted by atomic mass is 10.3. The number of aliphatic imine (C=N–C) groups is 2. The molecule has 0 aliphatic heterocycles. The summed E-state index contributed by atoms with van der Waals surface area (Å²) in [5.74, 6) is 1.04. The van der Waals surface area contributed by atoms with Gasteiger partial charge in [-0.25, -0.2) is 4.99 Å². The Hall–Kier alpha value is -1.56. The van der Waals surface area contributed by atoms with Gasteiger partial charge in [0.1, 0.15) is 5.82 Å². The lowest BCUT2D eigenvalue weighted by Gasteiger charge is -2.12. The minimum Gasteiger partial charge on any atom is -0.394 e. The number of rotatable bonds is 5. The van der Waals surface area contributed by atoms with Gasteiger partial charge in [0.15, 0.2) is 0 Å². The highest BCUT2D eigenvalue weighted by Crippen LogP contribution is 1.97. The zero-order chi connectivity index (χ0) is 12.6. The van der Waals surface area contributed by atoms with Crippen molar-refractivity contribution in [2.24, 2.45) is 21.5 Å². The molecule has 0 aromatic heterocycles. The third-order valence-corrected chi connectivity index (χ3v) is 1.59. The minimum absolute atomic E-state index is 0.0235. The number of allylic oxidation sites excluding steroid dienone is 1. The van der Waals surface area contributed by atoms with Gasteiger partial charge in [-0.1, -0.05) is 6.92 Å². The third-order valence-electron chi connectivity index (χ3n) is 1.59. The SMILES string of the molecule is CC/C=C(/N=C(N)\N=C(/C)N)NC(C)CO. The lowest BCUT2D eigenvalue weighted by Crippen LogP contribution is -2.29. The van der Waals surface area contributed by atoms with E-state index in [0.717, 1.165) is 6.42 Å². The normalized spacial score (nSPS) is 16.1. The number of nitrogens with one attached hydrogen (secondary N) is 1. The van der Waals surface area contributed by atoms with Gasteiger partial charge in [0, 0.05) is 6.04 Å². The standard InChI is InChI=1S/C10H21N5O/c1-4-5-9(13-7(2)6-16)15-10(12)14-8(3)11/h5,7,13,16H,4,6H2,1-3H3,(H4,11,12,14,15)/b9-5+. The number of aliphatic hydroxyl groups excluding tert-OH is 1. The fourth-order valence-electron chi connectivity index (χ4n) is 0.957. The average molecular weight is 227 g/mol. The van der Waals surface area contributed by atoms with Gasteiger partial charge < -0.3 is 21.9 Å². The Bertz CT molecular complexity index is 292. The van der Waals surface area contributed by atoms with E-state index in [-0.39, 0.29) is 18.6 Å². The monoisotopic (exact) mass is 227 g/mol. The molecule has 0 amide bonds. The number of nitrogens with two attached hydrogens (primary N) is 2. The predicted molar refractivity (Wildman–Crippen MR) is 67.0 cm³/mol. The second-order valence-corrected chi connectivity index (χ2v) is 3.45. The molecular formula is C10H21N5O. The van der Waals surface area contributed by atoms with Crippen molar-refractivity contribution in [2.45, 2.75) is 33.2 Å². The molecule has 0 fully saturated rings. The van der Waals surface area contributed by atoms with Crippen LogP contribution in [-0.2, 0) is 0 Å². The van der Waals surface area contributed by atoms with Crippen LogP contribution in [0.3, 0.4) is 0 Å². The van der Waals surface area contributed by atoms with Crippen LogP contribution in [0.15, 0.2) is 21.9 Å². The van der Waals surface area contributed by atoms with Crippen molar-refractivity contribution < 1.29 is 5.11 Å². The van der Waals surface area contributed by atoms with E-state index in [0.29, 0.717) is 11.7 Å². The predicted octanol–water partition coefficient (Wildman–Crippen LogP) is -0.1000. The van der Waals surface area contributed by atoms with E-state index < -0.39 is 0 Å². The van der Waals surface area contributed by atoms with Crippen LogP contribution >= 0.6 is 0 Å². The van der Waals surface area contributed by atoms with Crippen LogP contribution < -0.4 is 16.8 Å². The summed E-state index contributed by atoms with van der Waals surface area (Å²) in [7, 11) is 0. The molecule has 0 aromatic carbocycles. The second-order valence-electron chi connectivity index (χ2n) is 3.45. The van der Waals surface area contributed by atoms with Crippen LogP contribution in [0.1, 0.15) is 27.2 Å². The number of amidine groups is 1. The Morgan fingerprint density at radius 3 is 2.50 bits per heavy atom. The Balaban J connectivity index is 4.69. The molecule has 0 rings (SSSR count). The van der Waals surface area contributed by atoms with E-state index in [1.807, 2.05) is 19.9 Å². The van der Waals surface area contributed by atoms with Crippen molar-refractivity contribution >= 4 is 11.8 Å². The summed E-state index contributed by atoms with van der Waals surface area (Å²) in [5, 5.41) is 11.9. The maximum absolute atomic E-state index is 8.91. The molecule has 0 aliphatic rings. The van der Waals surface area contributed by atoms with Gasteiger partial charge in [0.05, 0.1) is 12.4 Å². The molecule has 6 N–H and O–H groups in total. The first-order valence-corrected chi connectivity index (χ1v) is 5.22. The van der Waals surface area contributed by atoms with E-state index in [9.17, 15) is 0 Å².